The molecule has 2 N–H and O–H groups in total. The molecule has 0 bridgehead atoms. The second kappa shape index (κ2) is 5.68. The van der Waals surface area contributed by atoms with Gasteiger partial charge in [0.15, 0.2) is 0 Å². The molecule has 0 radical (unpaired) electrons. The standard InChI is InChI=1S/C10H12F2N2O2S2/c1-14(6-9(11)12)18(15,16)8-5-3-2-4-7(8)10(13)17/h2-5,9H,6H2,1H3,(H2,13,17). The van der Waals surface area contributed by atoms with Gasteiger partial charge in [0, 0.05) is 12.6 Å². The molecule has 0 saturated carbocycles. The van der Waals surface area contributed by atoms with E-state index in [1.807, 2.05) is 0 Å². The second-order valence-electron chi connectivity index (χ2n) is 3.54. The maximum absolute atomic E-state index is 12.2. The third-order valence-electron chi connectivity index (χ3n) is 2.24. The minimum atomic E-state index is -4.02. The normalized spacial score (nSPS) is 12.1. The van der Waals surface area contributed by atoms with E-state index >= 15 is 0 Å². The largest absolute Gasteiger partial charge is 0.389 e. The fourth-order valence-electron chi connectivity index (χ4n) is 1.36. The van der Waals surface area contributed by atoms with Gasteiger partial charge in [-0.15, -0.1) is 0 Å². The smallest absolute Gasteiger partial charge is 0.252 e. The lowest BCUT2D eigenvalue weighted by atomic mass is 10.2. The average molecular weight is 294 g/mol. The van der Waals surface area contributed by atoms with Crippen molar-refractivity contribution in [1.82, 2.24) is 4.31 Å². The van der Waals surface area contributed by atoms with Gasteiger partial charge in [0.05, 0.1) is 11.4 Å². The molecule has 0 atom stereocenters. The molecule has 1 rings (SSSR count). The van der Waals surface area contributed by atoms with Crippen molar-refractivity contribution in [1.29, 1.82) is 0 Å². The summed E-state index contributed by atoms with van der Waals surface area (Å²) in [6, 6.07) is 5.77. The van der Waals surface area contributed by atoms with Crippen molar-refractivity contribution in [3.8, 4) is 0 Å². The summed E-state index contributed by atoms with van der Waals surface area (Å²) in [5.41, 5.74) is 5.56. The second-order valence-corrected chi connectivity index (χ2v) is 5.99. The Bertz CT molecular complexity index is 547. The van der Waals surface area contributed by atoms with Gasteiger partial charge in [-0.3, -0.25) is 0 Å². The SMILES string of the molecule is CN(CC(F)F)S(=O)(=O)c1ccccc1C(N)=S. The van der Waals surface area contributed by atoms with E-state index < -0.39 is 23.0 Å². The number of sulfonamides is 1. The molecule has 0 spiro atoms. The van der Waals surface area contributed by atoms with Gasteiger partial charge in [-0.25, -0.2) is 17.2 Å². The van der Waals surface area contributed by atoms with E-state index in [4.69, 9.17) is 18.0 Å². The molecule has 0 saturated heterocycles. The lowest BCUT2D eigenvalue weighted by molar-refractivity contribution is 0.126. The molecule has 4 nitrogen and oxygen atoms in total. The summed E-state index contributed by atoms with van der Waals surface area (Å²) in [6.45, 7) is -0.881. The number of halogens is 2. The van der Waals surface area contributed by atoms with Gasteiger partial charge >= 0.3 is 0 Å². The number of nitrogens with two attached hydrogens (primary N) is 1. The molecule has 0 heterocycles. The van der Waals surface area contributed by atoms with Crippen molar-refractivity contribution in [2.45, 2.75) is 11.3 Å². The zero-order valence-electron chi connectivity index (χ0n) is 9.51. The third kappa shape index (κ3) is 3.21. The Hall–Kier alpha value is -1.12. The molecule has 0 unspecified atom stereocenters. The van der Waals surface area contributed by atoms with E-state index in [9.17, 15) is 17.2 Å². The van der Waals surface area contributed by atoms with Crippen molar-refractivity contribution < 1.29 is 17.2 Å². The number of alkyl halides is 2. The van der Waals surface area contributed by atoms with Crippen molar-refractivity contribution in [3.05, 3.63) is 29.8 Å². The van der Waals surface area contributed by atoms with Crippen LogP contribution in [-0.4, -0.2) is 37.7 Å². The summed E-state index contributed by atoms with van der Waals surface area (Å²) in [5.74, 6) is 0. The minimum absolute atomic E-state index is 0.0976. The summed E-state index contributed by atoms with van der Waals surface area (Å²) < 4.78 is 49.2. The van der Waals surface area contributed by atoms with Gasteiger partial charge in [-0.1, -0.05) is 30.4 Å². The fourth-order valence-corrected chi connectivity index (χ4v) is 2.95. The Morgan fingerprint density at radius 3 is 2.50 bits per heavy atom. The molecular formula is C10H12F2N2O2S2. The average Bonchev–Trinajstić information content (AvgIpc) is 2.28. The summed E-state index contributed by atoms with van der Waals surface area (Å²) in [5, 5.41) is 0. The fraction of sp³-hybridized carbons (Fsp3) is 0.300. The molecule has 0 aliphatic carbocycles. The van der Waals surface area contributed by atoms with Crippen LogP contribution in [0.2, 0.25) is 0 Å². The zero-order chi connectivity index (χ0) is 13.9. The Kier molecular flexibility index (Phi) is 4.71. The molecule has 100 valence electrons. The van der Waals surface area contributed by atoms with Gasteiger partial charge in [-0.2, -0.15) is 4.31 Å². The zero-order valence-corrected chi connectivity index (χ0v) is 11.1. The Morgan fingerprint density at radius 2 is 2.00 bits per heavy atom. The highest BCUT2D eigenvalue weighted by molar-refractivity contribution is 7.89. The number of rotatable bonds is 5. The summed E-state index contributed by atoms with van der Waals surface area (Å²) in [7, 11) is -2.94. The molecule has 18 heavy (non-hydrogen) atoms. The Morgan fingerprint density at radius 1 is 1.44 bits per heavy atom. The number of nitrogens with zero attached hydrogens (tertiary/aromatic N) is 1. The van der Waals surface area contributed by atoms with Gasteiger partial charge in [0.1, 0.15) is 4.99 Å². The third-order valence-corrected chi connectivity index (χ3v) is 4.34. The van der Waals surface area contributed by atoms with E-state index in [0.717, 1.165) is 7.05 Å². The maximum Gasteiger partial charge on any atom is 0.252 e. The number of hydrogen-bond donors (Lipinski definition) is 1. The topological polar surface area (TPSA) is 63.4 Å². The first kappa shape index (κ1) is 14.9. The minimum Gasteiger partial charge on any atom is -0.389 e. The Balaban J connectivity index is 3.24. The molecule has 0 aliphatic heterocycles. The van der Waals surface area contributed by atoms with Crippen molar-refractivity contribution >= 4 is 27.2 Å². The van der Waals surface area contributed by atoms with Gasteiger partial charge in [0.25, 0.3) is 6.43 Å². The summed E-state index contributed by atoms with van der Waals surface area (Å²) >= 11 is 4.74. The number of thiocarbonyl (C=S) groups is 1. The predicted octanol–water partition coefficient (Wildman–Crippen LogP) is 1.21. The van der Waals surface area contributed by atoms with Crippen LogP contribution in [0.15, 0.2) is 29.2 Å². The number of benzene rings is 1. The van der Waals surface area contributed by atoms with Crippen molar-refractivity contribution in [2.75, 3.05) is 13.6 Å². The van der Waals surface area contributed by atoms with E-state index in [0.29, 0.717) is 4.31 Å². The number of hydrogen-bond acceptors (Lipinski definition) is 3. The van der Waals surface area contributed by atoms with Gasteiger partial charge in [-0.05, 0) is 6.07 Å². The van der Waals surface area contributed by atoms with Crippen LogP contribution in [0, 0.1) is 0 Å². The first-order valence-corrected chi connectivity index (χ1v) is 6.75. The lowest BCUT2D eigenvalue weighted by Gasteiger charge is -2.18. The summed E-state index contributed by atoms with van der Waals surface area (Å²) in [6.07, 6.45) is -2.75. The van der Waals surface area contributed by atoms with Crippen LogP contribution < -0.4 is 5.73 Å². The van der Waals surface area contributed by atoms with Crippen LogP contribution in [-0.2, 0) is 10.0 Å². The van der Waals surface area contributed by atoms with Crippen LogP contribution in [0.4, 0.5) is 8.78 Å². The van der Waals surface area contributed by atoms with Gasteiger partial charge < -0.3 is 5.73 Å². The molecule has 0 fully saturated rings. The van der Waals surface area contributed by atoms with Crippen LogP contribution in [0.5, 0.6) is 0 Å². The molecule has 0 aromatic heterocycles. The van der Waals surface area contributed by atoms with Crippen LogP contribution >= 0.6 is 12.2 Å². The lowest BCUT2D eigenvalue weighted by Crippen LogP contribution is -2.32. The van der Waals surface area contributed by atoms with E-state index in [1.54, 1.807) is 6.07 Å². The predicted molar refractivity (Wildman–Crippen MR) is 68.1 cm³/mol. The Labute approximate surface area is 109 Å². The molecule has 1 aromatic carbocycles. The monoisotopic (exact) mass is 294 g/mol. The molecular weight excluding hydrogens is 282 g/mol. The molecule has 0 amide bonds. The molecule has 0 aliphatic rings. The van der Waals surface area contributed by atoms with Crippen LogP contribution in [0.3, 0.4) is 0 Å². The van der Waals surface area contributed by atoms with Crippen LogP contribution in [0.1, 0.15) is 5.56 Å². The quantitative estimate of drug-likeness (QED) is 0.829. The highest BCUT2D eigenvalue weighted by Gasteiger charge is 2.26. The van der Waals surface area contributed by atoms with Crippen molar-refractivity contribution in [3.63, 3.8) is 0 Å². The first-order chi connectivity index (χ1) is 8.26. The molecule has 1 aromatic rings. The van der Waals surface area contributed by atoms with Crippen molar-refractivity contribution in [2.24, 2.45) is 5.73 Å². The van der Waals surface area contributed by atoms with Gasteiger partial charge in [0.2, 0.25) is 10.0 Å². The van der Waals surface area contributed by atoms with Crippen LogP contribution in [0.25, 0.3) is 0 Å². The maximum atomic E-state index is 12.2. The molecule has 8 heteroatoms. The highest BCUT2D eigenvalue weighted by atomic mass is 32.2. The summed E-state index contributed by atoms with van der Waals surface area (Å²) in [4.78, 5) is -0.264. The van der Waals surface area contributed by atoms with E-state index in [-0.39, 0.29) is 15.4 Å². The highest BCUT2D eigenvalue weighted by Crippen LogP contribution is 2.19. The van der Waals surface area contributed by atoms with E-state index in [1.165, 1.54) is 18.2 Å². The van der Waals surface area contributed by atoms with E-state index in [2.05, 4.69) is 0 Å². The first-order valence-electron chi connectivity index (χ1n) is 4.90.